The molecule has 4 N–H and O–H groups in total. The molecule has 0 aliphatic carbocycles. The average molecular weight is 226 g/mol. The summed E-state index contributed by atoms with van der Waals surface area (Å²) in [5.41, 5.74) is 12.1. The molecule has 4 nitrogen and oxygen atoms in total. The molecule has 5 heteroatoms. The van der Waals surface area contributed by atoms with Crippen molar-refractivity contribution in [3.05, 3.63) is 23.8 Å². The summed E-state index contributed by atoms with van der Waals surface area (Å²) < 4.78 is 11.9. The first-order valence-electron chi connectivity index (χ1n) is 4.49. The summed E-state index contributed by atoms with van der Waals surface area (Å²) in [7, 11) is -1.43. The second kappa shape index (κ2) is 4.44. The van der Waals surface area contributed by atoms with Crippen molar-refractivity contribution in [2.75, 3.05) is 5.73 Å². The summed E-state index contributed by atoms with van der Waals surface area (Å²) in [6.07, 6.45) is 0. The van der Waals surface area contributed by atoms with Crippen LogP contribution in [0.15, 0.2) is 23.1 Å². The highest BCUT2D eigenvalue weighted by Crippen LogP contribution is 2.19. The van der Waals surface area contributed by atoms with Gasteiger partial charge in [-0.3, -0.25) is 9.00 Å². The van der Waals surface area contributed by atoms with Gasteiger partial charge in [0.05, 0.1) is 10.8 Å². The molecule has 1 aromatic carbocycles. The van der Waals surface area contributed by atoms with Crippen LogP contribution >= 0.6 is 0 Å². The van der Waals surface area contributed by atoms with E-state index >= 15 is 0 Å². The highest BCUT2D eigenvalue weighted by molar-refractivity contribution is 7.86. The third-order valence-corrected chi connectivity index (χ3v) is 3.90. The lowest BCUT2D eigenvalue weighted by atomic mass is 10.2. The van der Waals surface area contributed by atoms with Crippen molar-refractivity contribution in [3.63, 3.8) is 0 Å². The van der Waals surface area contributed by atoms with E-state index in [1.807, 2.05) is 6.92 Å². The number of nitrogens with two attached hydrogens (primary N) is 2. The molecule has 15 heavy (non-hydrogen) atoms. The minimum atomic E-state index is -1.43. The fourth-order valence-corrected chi connectivity index (χ4v) is 2.36. The van der Waals surface area contributed by atoms with Crippen molar-refractivity contribution in [1.82, 2.24) is 0 Å². The van der Waals surface area contributed by atoms with Gasteiger partial charge in [-0.25, -0.2) is 0 Å². The van der Waals surface area contributed by atoms with Crippen molar-refractivity contribution in [1.29, 1.82) is 0 Å². The van der Waals surface area contributed by atoms with Crippen molar-refractivity contribution < 1.29 is 9.00 Å². The van der Waals surface area contributed by atoms with E-state index in [1.54, 1.807) is 25.1 Å². The summed E-state index contributed by atoms with van der Waals surface area (Å²) in [5.74, 6) is -0.574. The Balaban J connectivity index is 3.11. The van der Waals surface area contributed by atoms with Crippen molar-refractivity contribution in [3.8, 4) is 0 Å². The first kappa shape index (κ1) is 11.7. The maximum absolute atomic E-state index is 11.9. The molecule has 0 bridgehead atoms. The molecular weight excluding hydrogens is 212 g/mol. The van der Waals surface area contributed by atoms with Crippen LogP contribution in [0.3, 0.4) is 0 Å². The van der Waals surface area contributed by atoms with Crippen molar-refractivity contribution in [2.45, 2.75) is 24.0 Å². The highest BCUT2D eigenvalue weighted by atomic mass is 32.2. The molecule has 0 saturated heterocycles. The van der Waals surface area contributed by atoms with Crippen LogP contribution in [0.2, 0.25) is 0 Å². The van der Waals surface area contributed by atoms with E-state index in [-0.39, 0.29) is 0 Å². The van der Waals surface area contributed by atoms with Gasteiger partial charge >= 0.3 is 0 Å². The number of carbonyl (C=O) groups excluding carboxylic acids is 1. The molecule has 1 rings (SSSR count). The predicted octanol–water partition coefficient (Wildman–Crippen LogP) is 0.559. The molecule has 82 valence electrons. The van der Waals surface area contributed by atoms with E-state index in [4.69, 9.17) is 11.5 Å². The van der Waals surface area contributed by atoms with Crippen LogP contribution in [0.25, 0.3) is 0 Å². The zero-order chi connectivity index (χ0) is 11.6. The molecule has 2 atom stereocenters. The fraction of sp³-hybridized carbons (Fsp3) is 0.300. The molecule has 1 aromatic rings. The van der Waals surface area contributed by atoms with Crippen molar-refractivity contribution in [2.24, 2.45) is 5.73 Å². The van der Waals surface area contributed by atoms with E-state index in [2.05, 4.69) is 0 Å². The molecule has 0 radical (unpaired) electrons. The van der Waals surface area contributed by atoms with Crippen LogP contribution in [-0.4, -0.2) is 15.4 Å². The number of primary amides is 1. The van der Waals surface area contributed by atoms with E-state index in [9.17, 15) is 9.00 Å². The smallest absolute Gasteiger partial charge is 0.233 e. The van der Waals surface area contributed by atoms with Crippen LogP contribution in [-0.2, 0) is 15.6 Å². The molecule has 0 aliphatic rings. The quantitative estimate of drug-likeness (QED) is 0.738. The van der Waals surface area contributed by atoms with E-state index < -0.39 is 22.0 Å². The maximum atomic E-state index is 11.9. The lowest BCUT2D eigenvalue weighted by molar-refractivity contribution is -0.117. The Morgan fingerprint density at radius 3 is 2.60 bits per heavy atom. The topological polar surface area (TPSA) is 86.2 Å². The number of nitrogen functional groups attached to an aromatic ring is 1. The van der Waals surface area contributed by atoms with Crippen LogP contribution in [0, 0.1) is 6.92 Å². The second-order valence-electron chi connectivity index (χ2n) is 3.37. The van der Waals surface area contributed by atoms with Crippen LogP contribution in [0.4, 0.5) is 5.69 Å². The second-order valence-corrected chi connectivity index (χ2v) is 5.11. The number of anilines is 1. The van der Waals surface area contributed by atoms with Gasteiger partial charge < -0.3 is 11.5 Å². The highest BCUT2D eigenvalue weighted by Gasteiger charge is 2.20. The SMILES string of the molecule is Cc1ccc(N)cc1S(=O)C(C)C(N)=O. The Kier molecular flexibility index (Phi) is 3.47. The first-order chi connectivity index (χ1) is 6.93. The number of carbonyl (C=O) groups is 1. The van der Waals surface area contributed by atoms with Crippen molar-refractivity contribution >= 4 is 22.4 Å². The summed E-state index contributed by atoms with van der Waals surface area (Å²) in [6.45, 7) is 3.36. The fourth-order valence-electron chi connectivity index (χ4n) is 1.13. The van der Waals surface area contributed by atoms with E-state index in [0.29, 0.717) is 10.6 Å². The first-order valence-corrected chi connectivity index (χ1v) is 5.71. The van der Waals surface area contributed by atoms with Gasteiger partial charge in [-0.05, 0) is 31.5 Å². The van der Waals surface area contributed by atoms with Gasteiger partial charge in [0.25, 0.3) is 0 Å². The number of hydrogen-bond acceptors (Lipinski definition) is 3. The Morgan fingerprint density at radius 1 is 1.47 bits per heavy atom. The normalized spacial score (nSPS) is 14.5. The molecule has 2 unspecified atom stereocenters. The summed E-state index contributed by atoms with van der Waals surface area (Å²) in [6, 6.07) is 5.12. The van der Waals surface area contributed by atoms with E-state index in [1.165, 1.54) is 0 Å². The molecular formula is C10H14N2O2S. The van der Waals surface area contributed by atoms with Crippen LogP contribution in [0.5, 0.6) is 0 Å². The van der Waals surface area contributed by atoms with Gasteiger partial charge in [0.15, 0.2) is 0 Å². The van der Waals surface area contributed by atoms with Crippen LogP contribution < -0.4 is 11.5 Å². The molecule has 0 aliphatic heterocycles. The number of amides is 1. The van der Waals surface area contributed by atoms with Gasteiger partial charge in [-0.2, -0.15) is 0 Å². The molecule has 0 spiro atoms. The number of rotatable bonds is 3. The minimum Gasteiger partial charge on any atom is -0.399 e. The number of aryl methyl sites for hydroxylation is 1. The monoisotopic (exact) mass is 226 g/mol. The molecule has 1 amide bonds. The van der Waals surface area contributed by atoms with Gasteiger partial charge in [-0.1, -0.05) is 6.07 Å². The Morgan fingerprint density at radius 2 is 2.07 bits per heavy atom. The largest absolute Gasteiger partial charge is 0.399 e. The van der Waals surface area contributed by atoms with Gasteiger partial charge in [0.2, 0.25) is 5.91 Å². The third-order valence-electron chi connectivity index (χ3n) is 2.15. The average Bonchev–Trinajstić information content (AvgIpc) is 2.19. The zero-order valence-corrected chi connectivity index (χ0v) is 9.51. The van der Waals surface area contributed by atoms with Gasteiger partial charge in [0, 0.05) is 10.6 Å². The Hall–Kier alpha value is -1.36. The molecule has 0 aromatic heterocycles. The number of benzene rings is 1. The minimum absolute atomic E-state index is 0.528. The molecule has 0 fully saturated rings. The summed E-state index contributed by atoms with van der Waals surface area (Å²) in [4.78, 5) is 11.5. The van der Waals surface area contributed by atoms with E-state index in [0.717, 1.165) is 5.56 Å². The Labute approximate surface area is 91.1 Å². The number of hydrogen-bond donors (Lipinski definition) is 2. The van der Waals surface area contributed by atoms with Gasteiger partial charge in [-0.15, -0.1) is 0 Å². The zero-order valence-electron chi connectivity index (χ0n) is 8.69. The summed E-state index contributed by atoms with van der Waals surface area (Å²) in [5, 5.41) is -0.703. The van der Waals surface area contributed by atoms with Crippen LogP contribution in [0.1, 0.15) is 12.5 Å². The molecule has 0 heterocycles. The lowest BCUT2D eigenvalue weighted by Crippen LogP contribution is -2.29. The molecule has 0 saturated carbocycles. The maximum Gasteiger partial charge on any atom is 0.233 e. The lowest BCUT2D eigenvalue weighted by Gasteiger charge is -2.10. The van der Waals surface area contributed by atoms with Gasteiger partial charge in [0.1, 0.15) is 5.25 Å². The summed E-state index contributed by atoms with van der Waals surface area (Å²) >= 11 is 0. The third kappa shape index (κ3) is 2.56. The Bertz CT molecular complexity index is 418. The predicted molar refractivity (Wildman–Crippen MR) is 60.7 cm³/mol. The standard InChI is InChI=1S/C10H14N2O2S/c1-6-3-4-8(11)5-9(6)15(14)7(2)10(12)13/h3-5,7H,11H2,1-2H3,(H2,12,13).